The molecule has 1 amide bonds. The Hall–Kier alpha value is -1.49. The minimum atomic E-state index is -0.886. The van der Waals surface area contributed by atoms with Crippen molar-refractivity contribution in [2.75, 3.05) is 6.54 Å². The predicted molar refractivity (Wildman–Crippen MR) is 72.8 cm³/mol. The Morgan fingerprint density at radius 1 is 1.35 bits per heavy atom. The Morgan fingerprint density at radius 3 is 2.65 bits per heavy atom. The van der Waals surface area contributed by atoms with Crippen molar-refractivity contribution in [3.05, 3.63) is 35.4 Å². The highest BCUT2D eigenvalue weighted by Gasteiger charge is 2.32. The van der Waals surface area contributed by atoms with Crippen molar-refractivity contribution < 1.29 is 13.6 Å². The van der Waals surface area contributed by atoms with Gasteiger partial charge in [-0.3, -0.25) is 4.79 Å². The average Bonchev–Trinajstić information content (AvgIpc) is 2.85. The molecule has 5 heteroatoms. The quantitative estimate of drug-likeness (QED) is 0.922. The van der Waals surface area contributed by atoms with Crippen molar-refractivity contribution in [3.63, 3.8) is 0 Å². The van der Waals surface area contributed by atoms with Crippen LogP contribution in [0.3, 0.4) is 0 Å². The number of benzene rings is 1. The topological polar surface area (TPSA) is 46.3 Å². The van der Waals surface area contributed by atoms with E-state index in [1.165, 1.54) is 6.07 Å². The summed E-state index contributed by atoms with van der Waals surface area (Å²) in [6, 6.07) is 3.65. The second kappa shape index (κ2) is 6.31. The van der Waals surface area contributed by atoms with Crippen LogP contribution >= 0.6 is 0 Å². The Kier molecular flexibility index (Phi) is 4.70. The molecule has 0 spiro atoms. The van der Waals surface area contributed by atoms with Gasteiger partial charge in [0.25, 0.3) is 0 Å². The van der Waals surface area contributed by atoms with Crippen LogP contribution in [0.2, 0.25) is 0 Å². The highest BCUT2D eigenvalue weighted by atomic mass is 19.2. The number of carbonyl (C=O) groups is 1. The smallest absolute Gasteiger partial charge is 0.227 e. The van der Waals surface area contributed by atoms with Crippen LogP contribution in [0.1, 0.15) is 31.7 Å². The second-order valence-electron chi connectivity index (χ2n) is 5.30. The number of hydrogen-bond acceptors (Lipinski definition) is 2. The third kappa shape index (κ3) is 3.15. The zero-order valence-electron chi connectivity index (χ0n) is 11.6. The maximum absolute atomic E-state index is 13.2. The molecule has 1 aliphatic rings. The Labute approximate surface area is 117 Å². The van der Waals surface area contributed by atoms with Crippen molar-refractivity contribution in [2.45, 2.75) is 38.8 Å². The maximum Gasteiger partial charge on any atom is 0.227 e. The molecule has 2 atom stereocenters. The number of amides is 1. The fraction of sp³-hybridized carbons (Fsp3) is 0.533. The highest BCUT2D eigenvalue weighted by molar-refractivity contribution is 5.79. The average molecular weight is 282 g/mol. The van der Waals surface area contributed by atoms with E-state index in [9.17, 15) is 13.6 Å². The first-order chi connectivity index (χ1) is 9.52. The molecule has 2 N–H and O–H groups in total. The molecule has 110 valence electrons. The van der Waals surface area contributed by atoms with Gasteiger partial charge in [-0.15, -0.1) is 0 Å². The molecule has 2 rings (SSSR count). The van der Waals surface area contributed by atoms with Gasteiger partial charge in [0, 0.05) is 19.1 Å². The lowest BCUT2D eigenvalue weighted by Gasteiger charge is -2.26. The molecule has 1 saturated carbocycles. The number of carbonyl (C=O) groups excluding carboxylic acids is 1. The zero-order chi connectivity index (χ0) is 14.7. The van der Waals surface area contributed by atoms with Gasteiger partial charge in [0.2, 0.25) is 5.91 Å². The van der Waals surface area contributed by atoms with E-state index in [2.05, 4.69) is 0 Å². The molecule has 1 aromatic rings. The van der Waals surface area contributed by atoms with E-state index < -0.39 is 11.6 Å². The van der Waals surface area contributed by atoms with E-state index in [0.29, 0.717) is 12.1 Å². The summed E-state index contributed by atoms with van der Waals surface area (Å²) in [5.41, 5.74) is 6.54. The fourth-order valence-electron chi connectivity index (χ4n) is 2.73. The number of hydrogen-bond donors (Lipinski definition) is 1. The molecule has 1 aliphatic carbocycles. The monoisotopic (exact) mass is 282 g/mol. The fourth-order valence-corrected chi connectivity index (χ4v) is 2.73. The predicted octanol–water partition coefficient (Wildman–Crippen LogP) is 2.44. The van der Waals surface area contributed by atoms with E-state index >= 15 is 0 Å². The Bertz CT molecular complexity index is 493. The highest BCUT2D eigenvalue weighted by Crippen LogP contribution is 2.26. The lowest BCUT2D eigenvalue weighted by molar-refractivity contribution is -0.136. The SMILES string of the molecule is CCN(Cc1ccc(F)c(F)c1)C(=O)C1CCCC1N. The summed E-state index contributed by atoms with van der Waals surface area (Å²) >= 11 is 0. The van der Waals surface area contributed by atoms with Crippen LogP contribution in [-0.2, 0) is 11.3 Å². The third-order valence-electron chi connectivity index (χ3n) is 3.94. The molecular formula is C15H20F2N2O. The van der Waals surface area contributed by atoms with Crippen LogP contribution < -0.4 is 5.73 Å². The van der Waals surface area contributed by atoms with Crippen molar-refractivity contribution in [1.29, 1.82) is 0 Å². The van der Waals surface area contributed by atoms with Gasteiger partial charge in [0.15, 0.2) is 11.6 Å². The molecule has 0 aromatic heterocycles. The molecule has 0 aliphatic heterocycles. The summed E-state index contributed by atoms with van der Waals surface area (Å²) in [5.74, 6) is -1.88. The Morgan fingerprint density at radius 2 is 2.10 bits per heavy atom. The molecule has 0 bridgehead atoms. The molecule has 1 aromatic carbocycles. The lowest BCUT2D eigenvalue weighted by Crippen LogP contribution is -2.41. The standard InChI is InChI=1S/C15H20F2N2O/c1-2-19(15(20)11-4-3-5-14(11)18)9-10-6-7-12(16)13(17)8-10/h6-8,11,14H,2-5,9,18H2,1H3. The van der Waals surface area contributed by atoms with Crippen LogP contribution in [0.25, 0.3) is 0 Å². The molecule has 3 nitrogen and oxygen atoms in total. The van der Waals surface area contributed by atoms with Crippen molar-refractivity contribution in [2.24, 2.45) is 11.7 Å². The summed E-state index contributed by atoms with van der Waals surface area (Å²) in [5, 5.41) is 0. The summed E-state index contributed by atoms with van der Waals surface area (Å²) in [4.78, 5) is 14.1. The van der Waals surface area contributed by atoms with Gasteiger partial charge in [-0.2, -0.15) is 0 Å². The Balaban J connectivity index is 2.08. The maximum atomic E-state index is 13.2. The molecule has 1 fully saturated rings. The van der Waals surface area contributed by atoms with Gasteiger partial charge in [0.05, 0.1) is 5.92 Å². The minimum Gasteiger partial charge on any atom is -0.338 e. The van der Waals surface area contributed by atoms with Crippen LogP contribution in [0.5, 0.6) is 0 Å². The van der Waals surface area contributed by atoms with Gasteiger partial charge in [-0.05, 0) is 37.5 Å². The van der Waals surface area contributed by atoms with Gasteiger partial charge < -0.3 is 10.6 Å². The van der Waals surface area contributed by atoms with E-state index in [1.54, 1.807) is 4.90 Å². The second-order valence-corrected chi connectivity index (χ2v) is 5.30. The van der Waals surface area contributed by atoms with E-state index in [-0.39, 0.29) is 24.4 Å². The first-order valence-electron chi connectivity index (χ1n) is 7.01. The van der Waals surface area contributed by atoms with E-state index in [0.717, 1.165) is 31.4 Å². The van der Waals surface area contributed by atoms with Crippen LogP contribution in [0.4, 0.5) is 8.78 Å². The molecule has 0 radical (unpaired) electrons. The first-order valence-corrected chi connectivity index (χ1v) is 7.01. The number of nitrogens with zero attached hydrogens (tertiary/aromatic N) is 1. The number of halogens is 2. The molecule has 2 unspecified atom stereocenters. The molecular weight excluding hydrogens is 262 g/mol. The minimum absolute atomic E-state index is 0.0160. The van der Waals surface area contributed by atoms with Gasteiger partial charge >= 0.3 is 0 Å². The van der Waals surface area contributed by atoms with Gasteiger partial charge in [-0.25, -0.2) is 8.78 Å². The van der Waals surface area contributed by atoms with Crippen LogP contribution in [0, 0.1) is 17.6 Å². The molecule has 0 saturated heterocycles. The summed E-state index contributed by atoms with van der Waals surface area (Å²) in [6.07, 6.45) is 2.66. The molecule has 0 heterocycles. The third-order valence-corrected chi connectivity index (χ3v) is 3.94. The lowest BCUT2D eigenvalue weighted by atomic mass is 10.0. The zero-order valence-corrected chi connectivity index (χ0v) is 11.6. The number of rotatable bonds is 4. The van der Waals surface area contributed by atoms with E-state index in [1.807, 2.05) is 6.92 Å². The van der Waals surface area contributed by atoms with Gasteiger partial charge in [0.1, 0.15) is 0 Å². The van der Waals surface area contributed by atoms with E-state index in [4.69, 9.17) is 5.73 Å². The summed E-state index contributed by atoms with van der Waals surface area (Å²) in [6.45, 7) is 2.69. The summed E-state index contributed by atoms with van der Waals surface area (Å²) < 4.78 is 26.1. The largest absolute Gasteiger partial charge is 0.338 e. The van der Waals surface area contributed by atoms with Crippen molar-refractivity contribution >= 4 is 5.91 Å². The van der Waals surface area contributed by atoms with Crippen molar-refractivity contribution in [3.8, 4) is 0 Å². The first kappa shape index (κ1) is 14.9. The van der Waals surface area contributed by atoms with Gasteiger partial charge in [-0.1, -0.05) is 12.5 Å². The van der Waals surface area contributed by atoms with Crippen molar-refractivity contribution in [1.82, 2.24) is 4.90 Å². The van der Waals surface area contributed by atoms with Crippen LogP contribution in [0.15, 0.2) is 18.2 Å². The normalized spacial score (nSPS) is 22.0. The van der Waals surface area contributed by atoms with Crippen LogP contribution in [-0.4, -0.2) is 23.4 Å². The molecule has 20 heavy (non-hydrogen) atoms. The summed E-state index contributed by atoms with van der Waals surface area (Å²) in [7, 11) is 0. The number of nitrogens with two attached hydrogens (primary N) is 1.